The number of aliphatic carboxylic acids is 1. The third kappa shape index (κ3) is 6.75. The Labute approximate surface area is 122 Å². The average Bonchev–Trinajstić information content (AvgIpc) is 2.37. The summed E-state index contributed by atoms with van der Waals surface area (Å²) in [5.41, 5.74) is 0.628. The van der Waals surface area contributed by atoms with Gasteiger partial charge < -0.3 is 15.5 Å². The van der Waals surface area contributed by atoms with Crippen LogP contribution in [0, 0.1) is 0 Å². The van der Waals surface area contributed by atoms with Crippen molar-refractivity contribution < 1.29 is 28.2 Å². The van der Waals surface area contributed by atoms with Crippen molar-refractivity contribution in [1.82, 2.24) is 5.32 Å². The van der Waals surface area contributed by atoms with E-state index in [0.717, 1.165) is 6.26 Å². The molecule has 0 aliphatic rings. The summed E-state index contributed by atoms with van der Waals surface area (Å²) in [6, 6.07) is 4.78. The van der Waals surface area contributed by atoms with Gasteiger partial charge in [-0.3, -0.25) is 4.79 Å². The summed E-state index contributed by atoms with van der Waals surface area (Å²) >= 11 is 0. The van der Waals surface area contributed by atoms with E-state index in [4.69, 9.17) is 10.2 Å². The van der Waals surface area contributed by atoms with Gasteiger partial charge >= 0.3 is 5.97 Å². The number of sulfone groups is 1. The number of amides is 1. The van der Waals surface area contributed by atoms with Gasteiger partial charge in [-0.15, -0.1) is 0 Å². The zero-order valence-corrected chi connectivity index (χ0v) is 12.3. The predicted octanol–water partition coefficient (Wildman–Crippen LogP) is -0.0612. The van der Waals surface area contributed by atoms with E-state index >= 15 is 0 Å². The number of hydrogen-bond donors (Lipinski definition) is 3. The minimum absolute atomic E-state index is 0.0419. The molecule has 8 heteroatoms. The molecule has 0 radical (unpaired) electrons. The highest BCUT2D eigenvalue weighted by Gasteiger charge is 2.21. The summed E-state index contributed by atoms with van der Waals surface area (Å²) in [5, 5.41) is 20.5. The van der Waals surface area contributed by atoms with Gasteiger partial charge in [-0.2, -0.15) is 0 Å². The summed E-state index contributed by atoms with van der Waals surface area (Å²) in [5.74, 6) is -2.12. The second kappa shape index (κ2) is 7.07. The summed E-state index contributed by atoms with van der Waals surface area (Å²) in [4.78, 5) is 22.7. The lowest BCUT2D eigenvalue weighted by Crippen LogP contribution is -2.42. The zero-order chi connectivity index (χ0) is 16.0. The molecule has 0 heterocycles. The van der Waals surface area contributed by atoms with Gasteiger partial charge in [-0.1, -0.05) is 12.1 Å². The Morgan fingerprint density at radius 1 is 1.24 bits per heavy atom. The van der Waals surface area contributed by atoms with Crippen LogP contribution in [0.4, 0.5) is 0 Å². The first-order chi connectivity index (χ1) is 9.67. The van der Waals surface area contributed by atoms with Crippen LogP contribution in [0.5, 0.6) is 5.75 Å². The molecule has 1 aromatic rings. The molecule has 21 heavy (non-hydrogen) atoms. The van der Waals surface area contributed by atoms with E-state index in [1.807, 2.05) is 0 Å². The molecular weight excluding hydrogens is 298 g/mol. The van der Waals surface area contributed by atoms with Crippen LogP contribution in [0.3, 0.4) is 0 Å². The number of nitrogens with one attached hydrogen (secondary N) is 1. The molecule has 0 bridgehead atoms. The van der Waals surface area contributed by atoms with Crippen molar-refractivity contribution in [3.63, 3.8) is 0 Å². The number of carbonyl (C=O) groups is 2. The van der Waals surface area contributed by atoms with Crippen molar-refractivity contribution >= 4 is 21.7 Å². The largest absolute Gasteiger partial charge is 0.508 e. The Kier molecular flexibility index (Phi) is 5.71. The van der Waals surface area contributed by atoms with Crippen molar-refractivity contribution in [2.45, 2.75) is 18.9 Å². The van der Waals surface area contributed by atoms with Crippen molar-refractivity contribution in [1.29, 1.82) is 0 Å². The monoisotopic (exact) mass is 315 g/mol. The van der Waals surface area contributed by atoms with Crippen LogP contribution < -0.4 is 5.32 Å². The molecule has 0 aliphatic carbocycles. The maximum Gasteiger partial charge on any atom is 0.326 e. The molecule has 0 saturated heterocycles. The molecule has 0 saturated carbocycles. The third-order valence-electron chi connectivity index (χ3n) is 2.71. The molecule has 1 rings (SSSR count). The van der Waals surface area contributed by atoms with Crippen LogP contribution in [0.2, 0.25) is 0 Å². The van der Waals surface area contributed by atoms with Crippen LogP contribution in [0.25, 0.3) is 0 Å². The van der Waals surface area contributed by atoms with Gasteiger partial charge in [0.05, 0.1) is 5.75 Å². The topological polar surface area (TPSA) is 121 Å². The molecule has 0 spiro atoms. The van der Waals surface area contributed by atoms with E-state index in [-0.39, 0.29) is 24.3 Å². The van der Waals surface area contributed by atoms with E-state index in [1.54, 1.807) is 12.1 Å². The number of aromatic hydroxyl groups is 1. The van der Waals surface area contributed by atoms with Gasteiger partial charge in [0.15, 0.2) is 0 Å². The molecule has 0 aliphatic heterocycles. The lowest BCUT2D eigenvalue weighted by molar-refractivity contribution is -0.141. The summed E-state index contributed by atoms with van der Waals surface area (Å²) in [6.07, 6.45) is 0.768. The molecule has 0 fully saturated rings. The first-order valence-corrected chi connectivity index (χ1v) is 8.21. The molecule has 0 aromatic heterocycles. The van der Waals surface area contributed by atoms with Gasteiger partial charge in [0.25, 0.3) is 0 Å². The second-order valence-corrected chi connectivity index (χ2v) is 6.97. The van der Waals surface area contributed by atoms with Crippen molar-refractivity contribution in [3.05, 3.63) is 29.8 Å². The highest BCUT2D eigenvalue weighted by atomic mass is 32.2. The SMILES string of the molecule is CS(=O)(=O)CCC(=O)N[C@@H](Cc1ccc(O)cc1)C(=O)O. The normalized spacial score (nSPS) is 12.6. The number of benzene rings is 1. The van der Waals surface area contributed by atoms with E-state index in [1.165, 1.54) is 12.1 Å². The minimum atomic E-state index is -3.27. The molecule has 1 aromatic carbocycles. The number of phenolic OH excluding ortho intramolecular Hbond substituents is 1. The van der Waals surface area contributed by atoms with Crippen LogP contribution >= 0.6 is 0 Å². The van der Waals surface area contributed by atoms with Gasteiger partial charge in [-0.05, 0) is 17.7 Å². The fourth-order valence-electron chi connectivity index (χ4n) is 1.61. The van der Waals surface area contributed by atoms with Gasteiger partial charge in [0.1, 0.15) is 21.6 Å². The Morgan fingerprint density at radius 2 is 1.81 bits per heavy atom. The molecule has 1 atom stereocenters. The fourth-order valence-corrected chi connectivity index (χ4v) is 2.17. The molecule has 0 unspecified atom stereocenters. The van der Waals surface area contributed by atoms with Crippen LogP contribution in [0.1, 0.15) is 12.0 Å². The lowest BCUT2D eigenvalue weighted by atomic mass is 10.1. The van der Waals surface area contributed by atoms with Crippen molar-refractivity contribution in [3.8, 4) is 5.75 Å². The van der Waals surface area contributed by atoms with E-state index in [0.29, 0.717) is 5.56 Å². The Hall–Kier alpha value is -2.09. The number of carboxylic acids is 1. The molecule has 1 amide bonds. The standard InChI is InChI=1S/C13H17NO6S/c1-21(19,20)7-6-12(16)14-11(13(17)18)8-9-2-4-10(15)5-3-9/h2-5,11,15H,6-8H2,1H3,(H,14,16)(H,17,18)/t11-/m0/s1. The Morgan fingerprint density at radius 3 is 2.29 bits per heavy atom. The maximum atomic E-state index is 11.6. The second-order valence-electron chi connectivity index (χ2n) is 4.71. The van der Waals surface area contributed by atoms with Gasteiger partial charge in [-0.25, -0.2) is 13.2 Å². The highest BCUT2D eigenvalue weighted by Crippen LogP contribution is 2.11. The number of hydrogen-bond acceptors (Lipinski definition) is 5. The zero-order valence-electron chi connectivity index (χ0n) is 11.4. The van der Waals surface area contributed by atoms with E-state index < -0.39 is 27.8 Å². The maximum absolute atomic E-state index is 11.6. The van der Waals surface area contributed by atoms with Gasteiger partial charge in [0, 0.05) is 19.1 Å². The molecule has 116 valence electrons. The summed E-state index contributed by atoms with van der Waals surface area (Å²) in [6.45, 7) is 0. The van der Waals surface area contributed by atoms with Crippen LogP contribution in [-0.2, 0) is 25.8 Å². The molecule has 7 nitrogen and oxygen atoms in total. The first-order valence-electron chi connectivity index (χ1n) is 6.15. The highest BCUT2D eigenvalue weighted by molar-refractivity contribution is 7.90. The third-order valence-corrected chi connectivity index (χ3v) is 3.66. The minimum Gasteiger partial charge on any atom is -0.508 e. The number of rotatable bonds is 7. The quantitative estimate of drug-likeness (QED) is 0.648. The average molecular weight is 315 g/mol. The van der Waals surface area contributed by atoms with Gasteiger partial charge in [0.2, 0.25) is 5.91 Å². The number of phenols is 1. The van der Waals surface area contributed by atoms with Crippen LogP contribution in [0.15, 0.2) is 24.3 Å². The summed E-state index contributed by atoms with van der Waals surface area (Å²) < 4.78 is 21.9. The molecular formula is C13H17NO6S. The predicted molar refractivity (Wildman–Crippen MR) is 75.7 cm³/mol. The lowest BCUT2D eigenvalue weighted by Gasteiger charge is -2.14. The van der Waals surface area contributed by atoms with E-state index in [9.17, 15) is 18.0 Å². The fraction of sp³-hybridized carbons (Fsp3) is 0.385. The van der Waals surface area contributed by atoms with Crippen molar-refractivity contribution in [2.24, 2.45) is 0 Å². The van der Waals surface area contributed by atoms with Crippen molar-refractivity contribution in [2.75, 3.05) is 12.0 Å². The Bertz CT molecular complexity index is 608. The summed E-state index contributed by atoms with van der Waals surface area (Å²) in [7, 11) is -3.27. The number of carbonyl (C=O) groups excluding carboxylic acids is 1. The van der Waals surface area contributed by atoms with Crippen LogP contribution in [-0.4, -0.2) is 48.6 Å². The number of carboxylic acid groups (broad SMARTS) is 1. The smallest absolute Gasteiger partial charge is 0.326 e. The Balaban J connectivity index is 2.63. The molecule has 3 N–H and O–H groups in total. The van der Waals surface area contributed by atoms with E-state index in [2.05, 4.69) is 5.32 Å². The first kappa shape index (κ1) is 17.0.